The van der Waals surface area contributed by atoms with Gasteiger partial charge >= 0.3 is 0 Å². The maximum atomic E-state index is 9.27. The van der Waals surface area contributed by atoms with Crippen LogP contribution in [0.15, 0.2) is 59.8 Å². The smallest absolute Gasteiger partial charge is 0.184 e. The van der Waals surface area contributed by atoms with E-state index in [-0.39, 0.29) is 5.11 Å². The van der Waals surface area contributed by atoms with Crippen LogP contribution in [0.3, 0.4) is 0 Å². The first-order valence-corrected chi connectivity index (χ1v) is 7.74. The molecule has 0 fully saturated rings. The zero-order chi connectivity index (χ0) is 16.9. The van der Waals surface area contributed by atoms with E-state index in [1.807, 2.05) is 54.7 Å². The number of nitriles is 1. The van der Waals surface area contributed by atoms with Gasteiger partial charge in [0.15, 0.2) is 5.11 Å². The highest BCUT2D eigenvalue weighted by Gasteiger charge is 2.09. The van der Waals surface area contributed by atoms with E-state index < -0.39 is 0 Å². The lowest BCUT2D eigenvalue weighted by Gasteiger charge is -2.07. The van der Waals surface area contributed by atoms with E-state index in [0.717, 1.165) is 22.0 Å². The fourth-order valence-electron chi connectivity index (χ4n) is 2.63. The van der Waals surface area contributed by atoms with Gasteiger partial charge in [0.1, 0.15) is 0 Å². The van der Waals surface area contributed by atoms with Crippen LogP contribution < -0.4 is 11.2 Å². The van der Waals surface area contributed by atoms with Crippen molar-refractivity contribution < 1.29 is 0 Å². The standard InChI is InChI=1S/C18H15N5S/c19-9-13-5-1-2-6-14(13)11-23-12-15(10-21-22-18(20)24)16-7-3-4-8-17(16)23/h1-8,10,12H,11H2,(H3,20,22,24). The highest BCUT2D eigenvalue weighted by Crippen LogP contribution is 2.22. The second-order valence-corrected chi connectivity index (χ2v) is 5.67. The van der Waals surface area contributed by atoms with Crippen LogP contribution in [0.4, 0.5) is 0 Å². The minimum Gasteiger partial charge on any atom is -0.375 e. The molecular weight excluding hydrogens is 318 g/mol. The minimum atomic E-state index is 0.123. The van der Waals surface area contributed by atoms with Gasteiger partial charge in [0.25, 0.3) is 0 Å². The summed E-state index contributed by atoms with van der Waals surface area (Å²) >= 11 is 4.74. The lowest BCUT2D eigenvalue weighted by molar-refractivity contribution is 0.833. The summed E-state index contributed by atoms with van der Waals surface area (Å²) in [6, 6.07) is 17.9. The summed E-state index contributed by atoms with van der Waals surface area (Å²) in [4.78, 5) is 0. The molecule has 0 aliphatic carbocycles. The fraction of sp³-hybridized carbons (Fsp3) is 0.0556. The van der Waals surface area contributed by atoms with Crippen LogP contribution in [0.1, 0.15) is 16.7 Å². The summed E-state index contributed by atoms with van der Waals surface area (Å²) in [6.07, 6.45) is 3.69. The maximum absolute atomic E-state index is 9.27. The minimum absolute atomic E-state index is 0.123. The van der Waals surface area contributed by atoms with E-state index in [9.17, 15) is 5.26 Å². The van der Waals surface area contributed by atoms with Gasteiger partial charge in [0.05, 0.1) is 17.8 Å². The number of hydrazone groups is 1. The van der Waals surface area contributed by atoms with Gasteiger partial charge in [-0.05, 0) is 29.9 Å². The van der Waals surface area contributed by atoms with Crippen LogP contribution >= 0.6 is 12.2 Å². The molecule has 0 atom stereocenters. The molecular formula is C18H15N5S. The van der Waals surface area contributed by atoms with Crippen LogP contribution in [-0.2, 0) is 6.54 Å². The Morgan fingerprint density at radius 2 is 2.00 bits per heavy atom. The summed E-state index contributed by atoms with van der Waals surface area (Å²) in [5.41, 5.74) is 11.6. The molecule has 0 aliphatic heterocycles. The molecule has 5 nitrogen and oxygen atoms in total. The van der Waals surface area contributed by atoms with Crippen LogP contribution in [0, 0.1) is 11.3 Å². The number of nitrogens with one attached hydrogen (secondary N) is 1. The molecule has 0 amide bonds. The Morgan fingerprint density at radius 3 is 2.79 bits per heavy atom. The Kier molecular flexibility index (Phi) is 4.54. The highest BCUT2D eigenvalue weighted by molar-refractivity contribution is 7.80. The molecule has 6 heteroatoms. The monoisotopic (exact) mass is 333 g/mol. The number of rotatable bonds is 4. The molecule has 0 saturated carbocycles. The average molecular weight is 333 g/mol. The third kappa shape index (κ3) is 3.26. The van der Waals surface area contributed by atoms with Gasteiger partial charge in [-0.3, -0.25) is 5.43 Å². The first-order valence-electron chi connectivity index (χ1n) is 7.33. The van der Waals surface area contributed by atoms with Crippen molar-refractivity contribution in [2.24, 2.45) is 10.8 Å². The lowest BCUT2D eigenvalue weighted by atomic mass is 10.1. The number of nitrogens with zero attached hydrogens (tertiary/aromatic N) is 3. The molecule has 3 aromatic rings. The summed E-state index contributed by atoms with van der Waals surface area (Å²) in [5.74, 6) is 0. The lowest BCUT2D eigenvalue weighted by Crippen LogP contribution is -2.23. The van der Waals surface area contributed by atoms with Crippen molar-refractivity contribution in [2.75, 3.05) is 0 Å². The van der Waals surface area contributed by atoms with E-state index in [4.69, 9.17) is 18.0 Å². The summed E-state index contributed by atoms with van der Waals surface area (Å²) in [5, 5.41) is 14.5. The van der Waals surface area contributed by atoms with E-state index in [2.05, 4.69) is 21.2 Å². The Hall–Kier alpha value is -3.17. The van der Waals surface area contributed by atoms with Gasteiger partial charge in [0, 0.05) is 29.2 Å². The molecule has 24 heavy (non-hydrogen) atoms. The van der Waals surface area contributed by atoms with Crippen LogP contribution in [0.25, 0.3) is 10.9 Å². The van der Waals surface area contributed by atoms with E-state index in [1.165, 1.54) is 0 Å². The number of hydrogen-bond acceptors (Lipinski definition) is 3. The van der Waals surface area contributed by atoms with Crippen molar-refractivity contribution in [3.63, 3.8) is 0 Å². The third-order valence-electron chi connectivity index (χ3n) is 3.68. The number of para-hydroxylation sites is 1. The number of fused-ring (bicyclic) bond motifs is 1. The summed E-state index contributed by atoms with van der Waals surface area (Å²) in [6.45, 7) is 0.612. The first kappa shape index (κ1) is 15.7. The Balaban J connectivity index is 2.01. The highest BCUT2D eigenvalue weighted by atomic mass is 32.1. The topological polar surface area (TPSA) is 79.1 Å². The zero-order valence-corrected chi connectivity index (χ0v) is 13.6. The molecule has 0 radical (unpaired) electrons. The van der Waals surface area contributed by atoms with E-state index >= 15 is 0 Å². The fourth-order valence-corrected chi connectivity index (χ4v) is 2.68. The average Bonchev–Trinajstić information content (AvgIpc) is 2.93. The quantitative estimate of drug-likeness (QED) is 0.437. The second-order valence-electron chi connectivity index (χ2n) is 5.23. The molecule has 0 saturated heterocycles. The van der Waals surface area contributed by atoms with E-state index in [0.29, 0.717) is 12.1 Å². The molecule has 1 heterocycles. The SMILES string of the molecule is N#Cc1ccccc1Cn1cc(C=NNC(N)=S)c2ccccc21. The predicted molar refractivity (Wildman–Crippen MR) is 99.7 cm³/mol. The molecule has 0 bridgehead atoms. The number of benzene rings is 2. The van der Waals surface area contributed by atoms with Crippen molar-refractivity contribution >= 4 is 34.4 Å². The molecule has 3 rings (SSSR count). The summed E-state index contributed by atoms with van der Waals surface area (Å²) in [7, 11) is 0. The number of aromatic nitrogens is 1. The Morgan fingerprint density at radius 1 is 1.25 bits per heavy atom. The number of hydrogen-bond donors (Lipinski definition) is 2. The molecule has 0 unspecified atom stereocenters. The van der Waals surface area contributed by atoms with Gasteiger partial charge in [0.2, 0.25) is 0 Å². The molecule has 1 aromatic heterocycles. The van der Waals surface area contributed by atoms with Crippen molar-refractivity contribution in [2.45, 2.75) is 6.54 Å². The molecule has 2 aromatic carbocycles. The Labute approximate surface area is 145 Å². The predicted octanol–water partition coefficient (Wildman–Crippen LogP) is 2.73. The summed E-state index contributed by atoms with van der Waals surface area (Å²) < 4.78 is 2.10. The number of nitrogens with two attached hydrogens (primary N) is 1. The van der Waals surface area contributed by atoms with Gasteiger partial charge in [-0.1, -0.05) is 36.4 Å². The zero-order valence-electron chi connectivity index (χ0n) is 12.8. The normalized spacial score (nSPS) is 10.8. The van der Waals surface area contributed by atoms with Crippen molar-refractivity contribution in [1.29, 1.82) is 5.26 Å². The van der Waals surface area contributed by atoms with E-state index in [1.54, 1.807) is 6.21 Å². The van der Waals surface area contributed by atoms with Crippen molar-refractivity contribution in [3.8, 4) is 6.07 Å². The molecule has 118 valence electrons. The van der Waals surface area contributed by atoms with Gasteiger partial charge in [-0.15, -0.1) is 0 Å². The van der Waals surface area contributed by atoms with Gasteiger partial charge in [-0.2, -0.15) is 10.4 Å². The van der Waals surface area contributed by atoms with Crippen LogP contribution in [0.2, 0.25) is 0 Å². The van der Waals surface area contributed by atoms with Gasteiger partial charge in [-0.25, -0.2) is 0 Å². The van der Waals surface area contributed by atoms with Crippen LogP contribution in [-0.4, -0.2) is 15.9 Å². The second kappa shape index (κ2) is 6.94. The molecule has 0 spiro atoms. The maximum Gasteiger partial charge on any atom is 0.184 e. The van der Waals surface area contributed by atoms with Crippen LogP contribution in [0.5, 0.6) is 0 Å². The largest absolute Gasteiger partial charge is 0.375 e. The van der Waals surface area contributed by atoms with Crippen molar-refractivity contribution in [3.05, 3.63) is 71.4 Å². The molecule has 0 aliphatic rings. The van der Waals surface area contributed by atoms with Crippen molar-refractivity contribution in [1.82, 2.24) is 9.99 Å². The first-order chi connectivity index (χ1) is 11.7. The Bertz CT molecular complexity index is 965. The molecule has 3 N–H and O–H groups in total. The van der Waals surface area contributed by atoms with Gasteiger partial charge < -0.3 is 10.3 Å². The number of thiocarbonyl (C=S) groups is 1. The third-order valence-corrected chi connectivity index (χ3v) is 3.77.